The maximum Gasteiger partial charge on any atom is 0.220 e. The monoisotopic (exact) mass is 224 g/mol. The van der Waals surface area contributed by atoms with E-state index in [1.54, 1.807) is 0 Å². The molecule has 2 saturated carbocycles. The minimum Gasteiger partial charge on any atom is -0.369 e. The highest BCUT2D eigenvalue weighted by Crippen LogP contribution is 2.26. The molecule has 3 nitrogen and oxygen atoms in total. The van der Waals surface area contributed by atoms with Crippen LogP contribution in [0.5, 0.6) is 0 Å². The third kappa shape index (κ3) is 3.21. The van der Waals surface area contributed by atoms with Gasteiger partial charge in [-0.2, -0.15) is 0 Å². The van der Waals surface area contributed by atoms with Crippen LogP contribution < -0.4 is 11.1 Å². The topological polar surface area (TPSA) is 55.1 Å². The number of hydrogen-bond acceptors (Lipinski definition) is 2. The molecule has 2 fully saturated rings. The van der Waals surface area contributed by atoms with E-state index >= 15 is 0 Å². The summed E-state index contributed by atoms with van der Waals surface area (Å²) in [5.41, 5.74) is 5.34. The second kappa shape index (κ2) is 5.67. The van der Waals surface area contributed by atoms with Gasteiger partial charge in [-0.3, -0.25) is 4.79 Å². The highest BCUT2D eigenvalue weighted by molar-refractivity contribution is 5.76. The number of rotatable bonds is 3. The molecule has 0 radical (unpaired) electrons. The second-order valence-electron chi connectivity index (χ2n) is 5.45. The minimum atomic E-state index is -0.101. The molecule has 3 heteroatoms. The molecule has 0 aromatic carbocycles. The fraction of sp³-hybridized carbons (Fsp3) is 0.923. The molecule has 0 saturated heterocycles. The standard InChI is InChI=1S/C13H24N2O/c14-13(16)10-6-8-12(9-7-10)15-11-4-2-1-3-5-11/h10-12,15H,1-9H2,(H2,14,16). The fourth-order valence-electron chi connectivity index (χ4n) is 3.15. The van der Waals surface area contributed by atoms with E-state index in [9.17, 15) is 4.79 Å². The van der Waals surface area contributed by atoms with E-state index in [2.05, 4.69) is 5.32 Å². The molecule has 2 aliphatic rings. The van der Waals surface area contributed by atoms with Gasteiger partial charge in [0, 0.05) is 18.0 Å². The van der Waals surface area contributed by atoms with Crippen LogP contribution in [0.3, 0.4) is 0 Å². The number of nitrogens with two attached hydrogens (primary N) is 1. The van der Waals surface area contributed by atoms with Crippen LogP contribution in [0, 0.1) is 5.92 Å². The molecule has 0 heterocycles. The summed E-state index contributed by atoms with van der Waals surface area (Å²) in [6.45, 7) is 0. The van der Waals surface area contributed by atoms with Crippen molar-refractivity contribution in [3.05, 3.63) is 0 Å². The van der Waals surface area contributed by atoms with E-state index in [1.807, 2.05) is 0 Å². The Labute approximate surface area is 98.2 Å². The van der Waals surface area contributed by atoms with Gasteiger partial charge in [-0.1, -0.05) is 19.3 Å². The van der Waals surface area contributed by atoms with Crippen LogP contribution in [0.15, 0.2) is 0 Å². The first-order chi connectivity index (χ1) is 7.75. The summed E-state index contributed by atoms with van der Waals surface area (Å²) in [5, 5.41) is 3.77. The normalized spacial score (nSPS) is 32.5. The summed E-state index contributed by atoms with van der Waals surface area (Å²) in [6.07, 6.45) is 11.1. The Morgan fingerprint density at radius 3 is 2.00 bits per heavy atom. The lowest BCUT2D eigenvalue weighted by Gasteiger charge is -2.32. The van der Waals surface area contributed by atoms with E-state index in [0.717, 1.165) is 31.7 Å². The molecule has 0 unspecified atom stereocenters. The molecule has 0 spiro atoms. The first-order valence-electron chi connectivity index (χ1n) is 6.81. The molecule has 0 aromatic rings. The van der Waals surface area contributed by atoms with Crippen molar-refractivity contribution in [2.24, 2.45) is 11.7 Å². The van der Waals surface area contributed by atoms with Crippen LogP contribution in [-0.4, -0.2) is 18.0 Å². The van der Waals surface area contributed by atoms with Gasteiger partial charge >= 0.3 is 0 Å². The van der Waals surface area contributed by atoms with Gasteiger partial charge < -0.3 is 11.1 Å². The second-order valence-corrected chi connectivity index (χ2v) is 5.45. The SMILES string of the molecule is NC(=O)C1CCC(NC2CCCCC2)CC1. The maximum absolute atomic E-state index is 11.1. The molecule has 0 aromatic heterocycles. The Kier molecular flexibility index (Phi) is 4.22. The highest BCUT2D eigenvalue weighted by Gasteiger charge is 2.26. The summed E-state index contributed by atoms with van der Waals surface area (Å²) in [4.78, 5) is 11.1. The van der Waals surface area contributed by atoms with Crippen molar-refractivity contribution in [2.75, 3.05) is 0 Å². The third-order valence-corrected chi connectivity index (χ3v) is 4.21. The van der Waals surface area contributed by atoms with E-state index in [0.29, 0.717) is 6.04 Å². The van der Waals surface area contributed by atoms with Gasteiger partial charge in [-0.05, 0) is 38.5 Å². The molecule has 16 heavy (non-hydrogen) atoms. The third-order valence-electron chi connectivity index (χ3n) is 4.21. The lowest BCUT2D eigenvalue weighted by molar-refractivity contribution is -0.122. The largest absolute Gasteiger partial charge is 0.369 e. The smallest absolute Gasteiger partial charge is 0.220 e. The van der Waals surface area contributed by atoms with E-state index in [1.165, 1.54) is 32.1 Å². The van der Waals surface area contributed by atoms with Crippen LogP contribution >= 0.6 is 0 Å². The Morgan fingerprint density at radius 1 is 0.875 bits per heavy atom. The number of hydrogen-bond donors (Lipinski definition) is 2. The van der Waals surface area contributed by atoms with Crippen molar-refractivity contribution in [1.82, 2.24) is 5.32 Å². The molecule has 2 rings (SSSR count). The molecule has 0 bridgehead atoms. The van der Waals surface area contributed by atoms with Crippen molar-refractivity contribution >= 4 is 5.91 Å². The first kappa shape index (κ1) is 11.9. The fourth-order valence-corrected chi connectivity index (χ4v) is 3.15. The average Bonchev–Trinajstić information content (AvgIpc) is 2.31. The van der Waals surface area contributed by atoms with Crippen LogP contribution in [0.4, 0.5) is 0 Å². The zero-order valence-corrected chi connectivity index (χ0v) is 10.1. The van der Waals surface area contributed by atoms with Crippen LogP contribution in [0.2, 0.25) is 0 Å². The maximum atomic E-state index is 11.1. The van der Waals surface area contributed by atoms with Gasteiger partial charge in [0.1, 0.15) is 0 Å². The van der Waals surface area contributed by atoms with Gasteiger partial charge in [0.05, 0.1) is 0 Å². The molecule has 2 aliphatic carbocycles. The lowest BCUT2D eigenvalue weighted by Crippen LogP contribution is -2.42. The number of carbonyl (C=O) groups excluding carboxylic acids is 1. The van der Waals surface area contributed by atoms with E-state index < -0.39 is 0 Å². The van der Waals surface area contributed by atoms with Gasteiger partial charge in [0.15, 0.2) is 0 Å². The van der Waals surface area contributed by atoms with E-state index in [-0.39, 0.29) is 11.8 Å². The number of carbonyl (C=O) groups is 1. The Morgan fingerprint density at radius 2 is 1.44 bits per heavy atom. The molecule has 3 N–H and O–H groups in total. The summed E-state index contributed by atoms with van der Waals surface area (Å²) in [5.74, 6) is 0.0422. The molecule has 1 amide bonds. The summed E-state index contributed by atoms with van der Waals surface area (Å²) in [7, 11) is 0. The first-order valence-corrected chi connectivity index (χ1v) is 6.81. The van der Waals surface area contributed by atoms with Crippen LogP contribution in [0.25, 0.3) is 0 Å². The number of amides is 1. The van der Waals surface area contributed by atoms with Crippen LogP contribution in [0.1, 0.15) is 57.8 Å². The lowest BCUT2D eigenvalue weighted by atomic mass is 9.84. The van der Waals surface area contributed by atoms with Crippen molar-refractivity contribution in [2.45, 2.75) is 69.9 Å². The van der Waals surface area contributed by atoms with Crippen molar-refractivity contribution in [1.29, 1.82) is 0 Å². The number of nitrogens with one attached hydrogen (secondary N) is 1. The Hall–Kier alpha value is -0.570. The van der Waals surface area contributed by atoms with E-state index in [4.69, 9.17) is 5.73 Å². The van der Waals surface area contributed by atoms with Gasteiger partial charge in [-0.15, -0.1) is 0 Å². The highest BCUT2D eigenvalue weighted by atomic mass is 16.1. The Balaban J connectivity index is 1.70. The van der Waals surface area contributed by atoms with Crippen molar-refractivity contribution in [3.8, 4) is 0 Å². The Bertz CT molecular complexity index is 228. The van der Waals surface area contributed by atoms with Crippen LogP contribution in [-0.2, 0) is 4.79 Å². The summed E-state index contributed by atoms with van der Waals surface area (Å²) in [6, 6.07) is 1.38. The minimum absolute atomic E-state index is 0.101. The number of primary amides is 1. The zero-order valence-electron chi connectivity index (χ0n) is 10.1. The average molecular weight is 224 g/mol. The zero-order chi connectivity index (χ0) is 11.4. The van der Waals surface area contributed by atoms with Gasteiger partial charge in [0.25, 0.3) is 0 Å². The molecular formula is C13H24N2O. The molecule has 0 atom stereocenters. The molecular weight excluding hydrogens is 200 g/mol. The predicted molar refractivity (Wildman–Crippen MR) is 64.9 cm³/mol. The predicted octanol–water partition coefficient (Wildman–Crippen LogP) is 1.95. The van der Waals surface area contributed by atoms with Gasteiger partial charge in [-0.25, -0.2) is 0 Å². The molecule has 92 valence electrons. The molecule has 0 aliphatic heterocycles. The quantitative estimate of drug-likeness (QED) is 0.770. The van der Waals surface area contributed by atoms with Crippen molar-refractivity contribution < 1.29 is 4.79 Å². The summed E-state index contributed by atoms with van der Waals surface area (Å²) >= 11 is 0. The van der Waals surface area contributed by atoms with Crippen molar-refractivity contribution in [3.63, 3.8) is 0 Å². The summed E-state index contributed by atoms with van der Waals surface area (Å²) < 4.78 is 0. The van der Waals surface area contributed by atoms with Gasteiger partial charge in [0.2, 0.25) is 5.91 Å².